The van der Waals surface area contributed by atoms with Gasteiger partial charge in [-0.2, -0.15) is 0 Å². The Hall–Kier alpha value is -2.82. The van der Waals surface area contributed by atoms with Crippen LogP contribution >= 0.6 is 0 Å². The summed E-state index contributed by atoms with van der Waals surface area (Å²) >= 11 is 0. The summed E-state index contributed by atoms with van der Waals surface area (Å²) in [7, 11) is 1.48. The van der Waals surface area contributed by atoms with Crippen LogP contribution in [0.2, 0.25) is 0 Å². The molecule has 0 radical (unpaired) electrons. The summed E-state index contributed by atoms with van der Waals surface area (Å²) in [5.74, 6) is 0.0783. The molecular formula is C18H18FNO3. The molecule has 0 fully saturated rings. The van der Waals surface area contributed by atoms with Gasteiger partial charge in [0.15, 0.2) is 0 Å². The van der Waals surface area contributed by atoms with Crippen molar-refractivity contribution in [2.24, 2.45) is 0 Å². The largest absolute Gasteiger partial charge is 0.496 e. The zero-order chi connectivity index (χ0) is 16.5. The van der Waals surface area contributed by atoms with Crippen molar-refractivity contribution in [2.75, 3.05) is 13.7 Å². The lowest BCUT2D eigenvalue weighted by atomic mass is 10.2. The van der Waals surface area contributed by atoms with Crippen LogP contribution in [0.4, 0.5) is 9.18 Å². The number of methoxy groups -OCH3 is 1. The van der Waals surface area contributed by atoms with Crippen LogP contribution in [0.5, 0.6) is 5.75 Å². The van der Waals surface area contributed by atoms with Crippen molar-refractivity contribution in [3.05, 3.63) is 71.6 Å². The number of rotatable bonds is 6. The summed E-state index contributed by atoms with van der Waals surface area (Å²) in [5.41, 5.74) is 1.66. The summed E-state index contributed by atoms with van der Waals surface area (Å²) < 4.78 is 23.2. The van der Waals surface area contributed by atoms with E-state index in [0.29, 0.717) is 12.3 Å². The third-order valence-corrected chi connectivity index (χ3v) is 3.07. The van der Waals surface area contributed by atoms with Gasteiger partial charge in [0.2, 0.25) is 0 Å². The van der Waals surface area contributed by atoms with Crippen LogP contribution in [0.3, 0.4) is 0 Å². The third-order valence-electron chi connectivity index (χ3n) is 3.07. The summed E-state index contributed by atoms with van der Waals surface area (Å²) in [4.78, 5) is 11.6. The highest BCUT2D eigenvalue weighted by Gasteiger charge is 2.02. The maximum Gasteiger partial charge on any atom is 0.407 e. The van der Waals surface area contributed by atoms with E-state index in [9.17, 15) is 9.18 Å². The van der Waals surface area contributed by atoms with Gasteiger partial charge in [-0.25, -0.2) is 9.18 Å². The minimum Gasteiger partial charge on any atom is -0.496 e. The molecule has 2 rings (SSSR count). The van der Waals surface area contributed by atoms with E-state index >= 15 is 0 Å². The normalized spacial score (nSPS) is 10.5. The van der Waals surface area contributed by atoms with Crippen LogP contribution in [-0.2, 0) is 11.3 Å². The number of hydrogen-bond donors (Lipinski definition) is 1. The van der Waals surface area contributed by atoms with E-state index in [0.717, 1.165) is 11.1 Å². The lowest BCUT2D eigenvalue weighted by Crippen LogP contribution is -2.24. The van der Waals surface area contributed by atoms with Gasteiger partial charge in [-0.15, -0.1) is 0 Å². The SMILES string of the molecule is COc1cc(F)ccc1C=CCNC(=O)OCc1ccccc1. The molecule has 1 N–H and O–H groups in total. The first-order valence-electron chi connectivity index (χ1n) is 7.13. The standard InChI is InChI=1S/C18H18FNO3/c1-22-17-12-16(19)10-9-15(17)8-5-11-20-18(21)23-13-14-6-3-2-4-7-14/h2-10,12H,11,13H2,1H3,(H,20,21). The Morgan fingerprint density at radius 1 is 1.22 bits per heavy atom. The van der Waals surface area contributed by atoms with E-state index in [1.807, 2.05) is 30.3 Å². The van der Waals surface area contributed by atoms with Crippen molar-refractivity contribution in [3.8, 4) is 5.75 Å². The molecule has 4 nitrogen and oxygen atoms in total. The Morgan fingerprint density at radius 3 is 2.74 bits per heavy atom. The zero-order valence-corrected chi connectivity index (χ0v) is 12.8. The fraction of sp³-hybridized carbons (Fsp3) is 0.167. The molecule has 0 saturated heterocycles. The van der Waals surface area contributed by atoms with Crippen molar-refractivity contribution in [3.63, 3.8) is 0 Å². The molecule has 23 heavy (non-hydrogen) atoms. The smallest absolute Gasteiger partial charge is 0.407 e. The molecule has 0 heterocycles. The maximum absolute atomic E-state index is 13.1. The molecule has 0 saturated carbocycles. The Bertz CT molecular complexity index is 671. The lowest BCUT2D eigenvalue weighted by molar-refractivity contribution is 0.141. The molecule has 1 amide bonds. The van der Waals surface area contributed by atoms with Crippen LogP contribution in [0.15, 0.2) is 54.6 Å². The van der Waals surface area contributed by atoms with Crippen molar-refractivity contribution in [1.29, 1.82) is 0 Å². The molecule has 5 heteroatoms. The van der Waals surface area contributed by atoms with Crippen molar-refractivity contribution in [1.82, 2.24) is 5.32 Å². The van der Waals surface area contributed by atoms with E-state index in [-0.39, 0.29) is 12.4 Å². The highest BCUT2D eigenvalue weighted by Crippen LogP contribution is 2.20. The lowest BCUT2D eigenvalue weighted by Gasteiger charge is -2.06. The number of hydrogen-bond acceptors (Lipinski definition) is 3. The summed E-state index contributed by atoms with van der Waals surface area (Å²) in [6, 6.07) is 13.7. The molecule has 0 unspecified atom stereocenters. The van der Waals surface area contributed by atoms with E-state index in [1.54, 1.807) is 18.2 Å². The monoisotopic (exact) mass is 315 g/mol. The Morgan fingerprint density at radius 2 is 2.00 bits per heavy atom. The average molecular weight is 315 g/mol. The predicted molar refractivity (Wildman–Crippen MR) is 86.6 cm³/mol. The van der Waals surface area contributed by atoms with Crippen LogP contribution in [0, 0.1) is 5.82 Å². The second-order valence-corrected chi connectivity index (χ2v) is 4.73. The number of carbonyl (C=O) groups is 1. The molecule has 0 aromatic heterocycles. The molecule has 0 aliphatic carbocycles. The van der Waals surface area contributed by atoms with Crippen LogP contribution in [0.25, 0.3) is 6.08 Å². The zero-order valence-electron chi connectivity index (χ0n) is 12.8. The van der Waals surface area contributed by atoms with Gasteiger partial charge in [0.1, 0.15) is 18.2 Å². The highest BCUT2D eigenvalue weighted by atomic mass is 19.1. The first kappa shape index (κ1) is 16.5. The van der Waals surface area contributed by atoms with Gasteiger partial charge in [-0.3, -0.25) is 0 Å². The third kappa shape index (κ3) is 5.47. The molecule has 2 aromatic rings. The molecule has 0 aliphatic heterocycles. The molecule has 2 aromatic carbocycles. The van der Waals surface area contributed by atoms with E-state index in [1.165, 1.54) is 19.2 Å². The number of benzene rings is 2. The molecular weight excluding hydrogens is 297 g/mol. The number of halogens is 1. The van der Waals surface area contributed by atoms with Gasteiger partial charge < -0.3 is 14.8 Å². The average Bonchev–Trinajstić information content (AvgIpc) is 2.58. The molecule has 0 bridgehead atoms. The quantitative estimate of drug-likeness (QED) is 0.882. The Labute approximate surface area is 134 Å². The van der Waals surface area contributed by atoms with Gasteiger partial charge in [0.25, 0.3) is 0 Å². The van der Waals surface area contributed by atoms with E-state index in [4.69, 9.17) is 9.47 Å². The minimum absolute atomic E-state index is 0.224. The first-order valence-corrected chi connectivity index (χ1v) is 7.13. The Kier molecular flexibility index (Phi) is 6.17. The predicted octanol–water partition coefficient (Wildman–Crippen LogP) is 3.77. The summed E-state index contributed by atoms with van der Waals surface area (Å²) in [6.07, 6.45) is 2.99. The topological polar surface area (TPSA) is 47.6 Å². The highest BCUT2D eigenvalue weighted by molar-refractivity contribution is 5.67. The van der Waals surface area contributed by atoms with Crippen molar-refractivity contribution >= 4 is 12.2 Å². The summed E-state index contributed by atoms with van der Waals surface area (Å²) in [5, 5.41) is 2.61. The van der Waals surface area contributed by atoms with E-state index in [2.05, 4.69) is 5.32 Å². The molecule has 0 atom stereocenters. The van der Waals surface area contributed by atoms with E-state index < -0.39 is 6.09 Å². The van der Waals surface area contributed by atoms with Gasteiger partial charge in [0.05, 0.1) is 7.11 Å². The maximum atomic E-state index is 13.1. The van der Waals surface area contributed by atoms with Crippen LogP contribution < -0.4 is 10.1 Å². The minimum atomic E-state index is -0.496. The number of ether oxygens (including phenoxy) is 2. The van der Waals surface area contributed by atoms with Crippen molar-refractivity contribution < 1.29 is 18.7 Å². The fourth-order valence-electron chi connectivity index (χ4n) is 1.92. The van der Waals surface area contributed by atoms with Crippen molar-refractivity contribution in [2.45, 2.75) is 6.61 Å². The fourth-order valence-corrected chi connectivity index (χ4v) is 1.92. The number of amides is 1. The number of carbonyl (C=O) groups excluding carboxylic acids is 1. The molecule has 120 valence electrons. The number of alkyl carbamates (subject to hydrolysis) is 1. The van der Waals surface area contributed by atoms with Crippen LogP contribution in [-0.4, -0.2) is 19.7 Å². The second-order valence-electron chi connectivity index (χ2n) is 4.73. The molecule has 0 spiro atoms. The van der Waals surface area contributed by atoms with Crippen LogP contribution in [0.1, 0.15) is 11.1 Å². The van der Waals surface area contributed by atoms with Gasteiger partial charge in [0, 0.05) is 18.2 Å². The Balaban J connectivity index is 1.77. The van der Waals surface area contributed by atoms with Gasteiger partial charge >= 0.3 is 6.09 Å². The summed E-state index contributed by atoms with van der Waals surface area (Å²) in [6.45, 7) is 0.524. The number of nitrogens with one attached hydrogen (secondary N) is 1. The second kappa shape index (κ2) is 8.58. The van der Waals surface area contributed by atoms with Gasteiger partial charge in [-0.05, 0) is 17.7 Å². The van der Waals surface area contributed by atoms with Gasteiger partial charge in [-0.1, -0.05) is 42.5 Å². The molecule has 0 aliphatic rings. The first-order chi connectivity index (χ1) is 11.2.